The van der Waals surface area contributed by atoms with Crippen LogP contribution in [0.3, 0.4) is 0 Å². The largest absolute Gasteiger partial charge is 0.457 e. The van der Waals surface area contributed by atoms with Crippen LogP contribution in [0, 0.1) is 0 Å². The van der Waals surface area contributed by atoms with Gasteiger partial charge in [-0.3, -0.25) is 9.59 Å². The zero-order valence-electron chi connectivity index (χ0n) is 20.3. The molecule has 8 nitrogen and oxygen atoms in total. The maximum absolute atomic E-state index is 12.9. The Hall–Kier alpha value is -3.27. The minimum absolute atomic E-state index is 0.139. The van der Waals surface area contributed by atoms with Crippen LogP contribution in [0.4, 0.5) is 10.5 Å². The normalized spacial score (nSPS) is 10.4. The maximum atomic E-state index is 12.9. The third-order valence-electron chi connectivity index (χ3n) is 5.17. The van der Waals surface area contributed by atoms with E-state index in [0.717, 1.165) is 10.0 Å². The first-order valence-electron chi connectivity index (χ1n) is 11.1. The van der Waals surface area contributed by atoms with Gasteiger partial charge in [-0.15, -0.1) is 0 Å². The van der Waals surface area contributed by atoms with Crippen molar-refractivity contribution in [1.29, 1.82) is 0 Å². The number of likely N-dealkylation sites (N-methyl/N-ethyl adjacent to an activating group) is 1. The monoisotopic (exact) mass is 606 g/mol. The van der Waals surface area contributed by atoms with Crippen LogP contribution in [0.5, 0.6) is 11.5 Å². The molecule has 0 saturated carbocycles. The Kier molecular flexibility index (Phi) is 9.79. The van der Waals surface area contributed by atoms with E-state index in [1.165, 1.54) is 21.9 Å². The van der Waals surface area contributed by atoms with Gasteiger partial charge in [0.05, 0.1) is 23.7 Å². The fourth-order valence-corrected chi connectivity index (χ4v) is 3.93. The number of hydrogen-bond acceptors (Lipinski definition) is 4. The highest BCUT2D eigenvalue weighted by atomic mass is 79.9. The average Bonchev–Trinajstić information content (AvgIpc) is 2.84. The molecule has 0 atom stereocenters. The molecule has 0 aliphatic carbocycles. The number of amides is 4. The molecular weight excluding hydrogens is 583 g/mol. The van der Waals surface area contributed by atoms with E-state index in [2.05, 4.69) is 26.6 Å². The smallest absolute Gasteiger partial charge is 0.321 e. The zero-order chi connectivity index (χ0) is 27.1. The van der Waals surface area contributed by atoms with E-state index in [1.807, 2.05) is 18.2 Å². The van der Waals surface area contributed by atoms with Crippen LogP contribution in [0.25, 0.3) is 0 Å². The lowest BCUT2D eigenvalue weighted by Crippen LogP contribution is -2.36. The van der Waals surface area contributed by atoms with Gasteiger partial charge in [0.1, 0.15) is 11.5 Å². The number of nitrogens with one attached hydrogen (secondary N) is 2. The standard InChI is InChI=1S/C26H25BrCl2N4O4/c1-32(2)24(34)14-30-25(35)21-10-9-19(13-22(21)29)31-26(36)33(3)15-16-7-8-17(27)11-23(16)37-20-6-4-5-18(28)12-20/h4-13H,14-15H2,1-3H3,(H,30,35)(H,31,36). The molecule has 0 spiro atoms. The van der Waals surface area contributed by atoms with Crippen molar-refractivity contribution in [2.75, 3.05) is 33.0 Å². The number of ether oxygens (including phenoxy) is 1. The quantitative estimate of drug-likeness (QED) is 0.327. The average molecular weight is 608 g/mol. The highest BCUT2D eigenvalue weighted by Gasteiger charge is 2.16. The van der Waals surface area contributed by atoms with E-state index in [4.69, 9.17) is 27.9 Å². The van der Waals surface area contributed by atoms with Gasteiger partial charge in [0, 0.05) is 41.9 Å². The molecule has 0 aromatic heterocycles. The molecule has 0 fully saturated rings. The molecular formula is C26H25BrCl2N4O4. The van der Waals surface area contributed by atoms with Crippen LogP contribution >= 0.6 is 39.1 Å². The first kappa shape index (κ1) is 28.3. The molecule has 11 heteroatoms. The van der Waals surface area contributed by atoms with Crippen molar-refractivity contribution in [2.45, 2.75) is 6.54 Å². The van der Waals surface area contributed by atoms with Crippen molar-refractivity contribution in [3.63, 3.8) is 0 Å². The third-order valence-corrected chi connectivity index (χ3v) is 6.21. The lowest BCUT2D eigenvalue weighted by Gasteiger charge is -2.20. The SMILES string of the molecule is CN(C)C(=O)CNC(=O)c1ccc(NC(=O)N(C)Cc2ccc(Br)cc2Oc2cccc(Cl)c2)cc1Cl. The summed E-state index contributed by atoms with van der Waals surface area (Å²) in [5.74, 6) is 0.409. The predicted molar refractivity (Wildman–Crippen MR) is 149 cm³/mol. The summed E-state index contributed by atoms with van der Waals surface area (Å²) in [5.41, 5.74) is 1.38. The first-order valence-corrected chi connectivity index (χ1v) is 12.6. The summed E-state index contributed by atoms with van der Waals surface area (Å²) in [5, 5.41) is 5.98. The van der Waals surface area contributed by atoms with Crippen molar-refractivity contribution >= 4 is 62.7 Å². The molecule has 3 aromatic carbocycles. The van der Waals surface area contributed by atoms with Gasteiger partial charge in [-0.2, -0.15) is 0 Å². The van der Waals surface area contributed by atoms with Crippen molar-refractivity contribution in [3.8, 4) is 11.5 Å². The van der Waals surface area contributed by atoms with Crippen LogP contribution in [0.1, 0.15) is 15.9 Å². The second-order valence-corrected chi connectivity index (χ2v) is 10.0. The second-order valence-electron chi connectivity index (χ2n) is 8.26. The van der Waals surface area contributed by atoms with Crippen LogP contribution in [0.2, 0.25) is 10.0 Å². The fourth-order valence-electron chi connectivity index (χ4n) is 3.14. The summed E-state index contributed by atoms with van der Waals surface area (Å²) >= 11 is 15.8. The molecule has 0 bridgehead atoms. The summed E-state index contributed by atoms with van der Waals surface area (Å²) in [4.78, 5) is 39.8. The van der Waals surface area contributed by atoms with E-state index in [1.54, 1.807) is 51.5 Å². The van der Waals surface area contributed by atoms with Crippen LogP contribution in [-0.2, 0) is 11.3 Å². The Bertz CT molecular complexity index is 1320. The Morgan fingerprint density at radius 2 is 1.73 bits per heavy atom. The molecule has 0 heterocycles. The van der Waals surface area contributed by atoms with Gasteiger partial charge in [0.25, 0.3) is 5.91 Å². The number of hydrogen-bond donors (Lipinski definition) is 2. The van der Waals surface area contributed by atoms with Crippen molar-refractivity contribution in [1.82, 2.24) is 15.1 Å². The van der Waals surface area contributed by atoms with E-state index in [0.29, 0.717) is 22.2 Å². The zero-order valence-corrected chi connectivity index (χ0v) is 23.4. The number of halogens is 3. The number of carbonyl (C=O) groups excluding carboxylic acids is 3. The number of anilines is 1. The van der Waals surface area contributed by atoms with Crippen LogP contribution in [-0.4, -0.2) is 55.3 Å². The second kappa shape index (κ2) is 12.8. The maximum Gasteiger partial charge on any atom is 0.321 e. The molecule has 194 valence electrons. The summed E-state index contributed by atoms with van der Waals surface area (Å²) in [6.07, 6.45) is 0. The summed E-state index contributed by atoms with van der Waals surface area (Å²) in [6, 6.07) is 16.7. The van der Waals surface area contributed by atoms with Gasteiger partial charge < -0.3 is 25.2 Å². The molecule has 2 N–H and O–H groups in total. The van der Waals surface area contributed by atoms with E-state index >= 15 is 0 Å². The van der Waals surface area contributed by atoms with Gasteiger partial charge >= 0.3 is 6.03 Å². The molecule has 3 aromatic rings. The Morgan fingerprint density at radius 3 is 2.41 bits per heavy atom. The predicted octanol–water partition coefficient (Wildman–Crippen LogP) is 6.03. The summed E-state index contributed by atoms with van der Waals surface area (Å²) in [6.45, 7) is 0.105. The highest BCUT2D eigenvalue weighted by Crippen LogP contribution is 2.31. The van der Waals surface area contributed by atoms with E-state index < -0.39 is 5.91 Å². The minimum atomic E-state index is -0.488. The van der Waals surface area contributed by atoms with Crippen LogP contribution in [0.15, 0.2) is 65.1 Å². The van der Waals surface area contributed by atoms with E-state index in [9.17, 15) is 14.4 Å². The highest BCUT2D eigenvalue weighted by molar-refractivity contribution is 9.10. The number of nitrogens with zero attached hydrogens (tertiary/aromatic N) is 2. The number of urea groups is 1. The van der Waals surface area contributed by atoms with Gasteiger partial charge in [0.2, 0.25) is 5.91 Å². The number of rotatable bonds is 8. The molecule has 4 amide bonds. The van der Waals surface area contributed by atoms with Crippen molar-refractivity contribution in [2.24, 2.45) is 0 Å². The van der Waals surface area contributed by atoms with Crippen molar-refractivity contribution in [3.05, 3.63) is 86.3 Å². The van der Waals surface area contributed by atoms with E-state index in [-0.39, 0.29) is 35.6 Å². The van der Waals surface area contributed by atoms with Crippen molar-refractivity contribution < 1.29 is 19.1 Å². The summed E-state index contributed by atoms with van der Waals surface area (Å²) in [7, 11) is 4.84. The fraction of sp³-hybridized carbons (Fsp3) is 0.192. The Morgan fingerprint density at radius 1 is 0.973 bits per heavy atom. The molecule has 0 radical (unpaired) electrons. The minimum Gasteiger partial charge on any atom is -0.457 e. The number of benzene rings is 3. The Balaban J connectivity index is 1.65. The molecule has 3 rings (SSSR count). The lowest BCUT2D eigenvalue weighted by molar-refractivity contribution is -0.127. The molecule has 0 saturated heterocycles. The topological polar surface area (TPSA) is 91.0 Å². The molecule has 0 aliphatic heterocycles. The molecule has 37 heavy (non-hydrogen) atoms. The summed E-state index contributed by atoms with van der Waals surface area (Å²) < 4.78 is 6.84. The van der Waals surface area contributed by atoms with Crippen LogP contribution < -0.4 is 15.4 Å². The molecule has 0 aliphatic rings. The van der Waals surface area contributed by atoms with Gasteiger partial charge in [-0.05, 0) is 48.5 Å². The first-order chi connectivity index (χ1) is 17.5. The van der Waals surface area contributed by atoms with Gasteiger partial charge in [-0.1, -0.05) is 51.3 Å². The van der Waals surface area contributed by atoms with Gasteiger partial charge in [0.15, 0.2) is 0 Å². The van der Waals surface area contributed by atoms with Gasteiger partial charge in [-0.25, -0.2) is 4.79 Å². The lowest BCUT2D eigenvalue weighted by atomic mass is 10.2. The molecule has 0 unspecified atom stereocenters. The number of carbonyl (C=O) groups is 3. The Labute approximate surface area is 233 Å². The third kappa shape index (κ3) is 8.11.